The molecule has 1 aliphatic heterocycles. The average Bonchev–Trinajstić information content (AvgIpc) is 3.05. The first-order valence-corrected chi connectivity index (χ1v) is 17.6. The number of nitrogens with one attached hydrogen (secondary N) is 1. The quantitative estimate of drug-likeness (QED) is 0.0689. The summed E-state index contributed by atoms with van der Waals surface area (Å²) in [6, 6.07) is 7.37. The van der Waals surface area contributed by atoms with Crippen molar-refractivity contribution in [2.45, 2.75) is 25.3 Å². The van der Waals surface area contributed by atoms with Crippen LogP contribution in [0, 0.1) is 0 Å². The zero-order valence-corrected chi connectivity index (χ0v) is 30.3. The Bertz CT molecular complexity index is 1270. The maximum Gasteiger partial charge on any atom is 0.317 e. The summed E-state index contributed by atoms with van der Waals surface area (Å²) in [5.74, 6) is -6.81. The molecule has 0 spiro atoms. The second kappa shape index (κ2) is 24.0. The smallest absolute Gasteiger partial charge is 0.317 e. The Morgan fingerprint density at radius 1 is 0.623 bits per heavy atom. The lowest BCUT2D eigenvalue weighted by Crippen LogP contribution is -2.52. The number of benzene rings is 1. The van der Waals surface area contributed by atoms with E-state index in [1.165, 1.54) is 9.80 Å². The molecule has 1 saturated heterocycles. The summed E-state index contributed by atoms with van der Waals surface area (Å²) in [6.07, 6.45) is 1.78. The molecule has 1 unspecified atom stereocenters. The van der Waals surface area contributed by atoms with Crippen molar-refractivity contribution in [1.29, 1.82) is 0 Å². The first kappa shape index (κ1) is 44.8. The Balaban J connectivity index is 2.32. The first-order chi connectivity index (χ1) is 25.1. The number of carboxylic acid groups (broad SMARTS) is 6. The van der Waals surface area contributed by atoms with Crippen molar-refractivity contribution in [1.82, 2.24) is 29.4 Å². The highest BCUT2D eigenvalue weighted by Gasteiger charge is 2.27. The van der Waals surface area contributed by atoms with Crippen LogP contribution >= 0.6 is 0 Å². The SMILES string of the molecule is CNc1ccc(CCCC(CN2CCN(CC(=O)O)CCN(CCN(CC(=O)O)CC(=O)O)CCN(CC(=O)O)CC2)N(CC(=O)O)CC(=O)O)cc1. The second-order valence-corrected chi connectivity index (χ2v) is 13.2. The van der Waals surface area contributed by atoms with E-state index >= 15 is 0 Å². The van der Waals surface area contributed by atoms with E-state index in [0.717, 1.165) is 11.3 Å². The number of hydrogen-bond acceptors (Lipinski definition) is 13. The summed E-state index contributed by atoms with van der Waals surface area (Å²) in [7, 11) is 1.82. The minimum Gasteiger partial charge on any atom is -0.480 e. The zero-order chi connectivity index (χ0) is 39.3. The Morgan fingerprint density at radius 3 is 1.47 bits per heavy atom. The van der Waals surface area contributed by atoms with Crippen LogP contribution in [0.5, 0.6) is 0 Å². The number of anilines is 1. The fourth-order valence-corrected chi connectivity index (χ4v) is 6.29. The van der Waals surface area contributed by atoms with Gasteiger partial charge in [0.2, 0.25) is 0 Å². The van der Waals surface area contributed by atoms with Gasteiger partial charge in [0, 0.05) is 90.8 Å². The summed E-state index contributed by atoms with van der Waals surface area (Å²) >= 11 is 0. The lowest BCUT2D eigenvalue weighted by molar-refractivity contribution is -0.144. The Kier molecular flexibility index (Phi) is 20.3. The van der Waals surface area contributed by atoms with E-state index in [9.17, 15) is 59.4 Å². The molecule has 1 atom stereocenters. The van der Waals surface area contributed by atoms with Crippen LogP contribution in [-0.4, -0.2) is 220 Å². The molecule has 298 valence electrons. The maximum absolute atomic E-state index is 11.9. The second-order valence-electron chi connectivity index (χ2n) is 13.2. The molecule has 1 aliphatic rings. The molecular weight excluding hydrogens is 698 g/mol. The molecule has 53 heavy (non-hydrogen) atoms. The lowest BCUT2D eigenvalue weighted by atomic mass is 10.0. The summed E-state index contributed by atoms with van der Waals surface area (Å²) in [4.78, 5) is 80.1. The molecule has 0 radical (unpaired) electrons. The topological polar surface area (TPSA) is 255 Å². The standard InChI is InChI=1S/C34H55N7O12/c1-35-27-7-5-26(6-8-27)3-2-4-28(41(24-33(50)51)25-34(52)53)19-37-14-16-38(20-29(42)43)12-9-36(10-13-39(17-15-37)21-30(44)45)11-18-40(22-31(46)47)23-32(48)49/h5-8,28,35H,2-4,9-25H2,1H3,(H,42,43)(H,44,45)(H,46,47)(H,48,49)(H,50,51)(H,52,53). The number of rotatable bonds is 23. The van der Waals surface area contributed by atoms with Gasteiger partial charge in [-0.05, 0) is 37.0 Å². The van der Waals surface area contributed by atoms with Gasteiger partial charge in [-0.1, -0.05) is 12.1 Å². The van der Waals surface area contributed by atoms with Crippen molar-refractivity contribution >= 4 is 41.5 Å². The van der Waals surface area contributed by atoms with E-state index in [1.54, 1.807) is 9.80 Å². The third kappa shape index (κ3) is 19.9. The van der Waals surface area contributed by atoms with Gasteiger partial charge in [0.15, 0.2) is 0 Å². The number of carbonyl (C=O) groups is 6. The predicted octanol–water partition coefficient (Wildman–Crippen LogP) is -1.25. The van der Waals surface area contributed by atoms with Crippen LogP contribution in [0.4, 0.5) is 5.69 Å². The number of hydrogen-bond donors (Lipinski definition) is 7. The molecule has 2 rings (SSSR count). The normalized spacial score (nSPS) is 16.4. The molecule has 0 saturated carbocycles. The molecule has 1 aromatic carbocycles. The third-order valence-electron chi connectivity index (χ3n) is 9.01. The first-order valence-electron chi connectivity index (χ1n) is 17.6. The molecule has 0 aliphatic carbocycles. The molecule has 19 nitrogen and oxygen atoms in total. The van der Waals surface area contributed by atoms with Crippen molar-refractivity contribution < 1.29 is 59.4 Å². The fourth-order valence-electron chi connectivity index (χ4n) is 6.29. The van der Waals surface area contributed by atoms with Gasteiger partial charge in [0.1, 0.15) is 0 Å². The number of aliphatic carboxylic acids is 6. The summed E-state index contributed by atoms with van der Waals surface area (Å²) < 4.78 is 0. The number of aryl methyl sites for hydroxylation is 1. The van der Waals surface area contributed by atoms with E-state index < -0.39 is 68.0 Å². The molecule has 1 fully saturated rings. The van der Waals surface area contributed by atoms with Crippen LogP contribution in [0.2, 0.25) is 0 Å². The van der Waals surface area contributed by atoms with E-state index in [0.29, 0.717) is 45.4 Å². The summed E-state index contributed by atoms with van der Waals surface area (Å²) in [5, 5.41) is 60.3. The van der Waals surface area contributed by atoms with Gasteiger partial charge in [-0.25, -0.2) is 0 Å². The summed E-state index contributed by atoms with van der Waals surface area (Å²) in [5.41, 5.74) is 2.02. The van der Waals surface area contributed by atoms with Gasteiger partial charge in [0.25, 0.3) is 0 Å². The van der Waals surface area contributed by atoms with Crippen molar-refractivity contribution in [3.05, 3.63) is 29.8 Å². The average molecular weight is 754 g/mol. The van der Waals surface area contributed by atoms with Gasteiger partial charge in [-0.15, -0.1) is 0 Å². The molecule has 7 N–H and O–H groups in total. The molecule has 0 bridgehead atoms. The molecular formula is C34H55N7O12. The van der Waals surface area contributed by atoms with E-state index in [-0.39, 0.29) is 58.9 Å². The highest BCUT2D eigenvalue weighted by atomic mass is 16.4. The Labute approximate surface area is 308 Å². The Hall–Kier alpha value is -4.40. The highest BCUT2D eigenvalue weighted by molar-refractivity contribution is 5.73. The van der Waals surface area contributed by atoms with E-state index in [1.807, 2.05) is 41.1 Å². The zero-order valence-electron chi connectivity index (χ0n) is 30.3. The minimum atomic E-state index is -1.18. The van der Waals surface area contributed by atoms with Gasteiger partial charge in [-0.3, -0.25) is 58.2 Å². The predicted molar refractivity (Wildman–Crippen MR) is 192 cm³/mol. The van der Waals surface area contributed by atoms with Crippen molar-refractivity contribution in [3.8, 4) is 0 Å². The maximum atomic E-state index is 11.9. The van der Waals surface area contributed by atoms with Crippen LogP contribution in [0.15, 0.2) is 24.3 Å². The number of nitrogens with zero attached hydrogens (tertiary/aromatic N) is 6. The molecule has 0 aromatic heterocycles. The van der Waals surface area contributed by atoms with E-state index in [2.05, 4.69) is 5.32 Å². The van der Waals surface area contributed by atoms with E-state index in [4.69, 9.17) is 0 Å². The van der Waals surface area contributed by atoms with Crippen molar-refractivity contribution in [3.63, 3.8) is 0 Å². The van der Waals surface area contributed by atoms with Crippen LogP contribution in [0.25, 0.3) is 0 Å². The molecule has 19 heteroatoms. The Morgan fingerprint density at radius 2 is 1.06 bits per heavy atom. The van der Waals surface area contributed by atoms with Crippen molar-refractivity contribution in [2.24, 2.45) is 0 Å². The fraction of sp³-hybridized carbons (Fsp3) is 0.647. The molecule has 0 amide bonds. The minimum absolute atomic E-state index is 0.107. The van der Waals surface area contributed by atoms with Gasteiger partial charge >= 0.3 is 35.8 Å². The third-order valence-corrected chi connectivity index (χ3v) is 9.01. The van der Waals surface area contributed by atoms with Gasteiger partial charge < -0.3 is 36.0 Å². The largest absolute Gasteiger partial charge is 0.480 e. The monoisotopic (exact) mass is 753 g/mol. The lowest BCUT2D eigenvalue weighted by Gasteiger charge is -2.37. The number of carboxylic acids is 6. The van der Waals surface area contributed by atoms with Crippen LogP contribution in [0.1, 0.15) is 18.4 Å². The van der Waals surface area contributed by atoms with Crippen molar-refractivity contribution in [2.75, 3.05) is 124 Å². The van der Waals surface area contributed by atoms with Crippen LogP contribution in [0.3, 0.4) is 0 Å². The van der Waals surface area contributed by atoms with Crippen LogP contribution in [-0.2, 0) is 35.2 Å². The molecule has 1 aromatic rings. The van der Waals surface area contributed by atoms with Gasteiger partial charge in [0.05, 0.1) is 39.3 Å². The highest BCUT2D eigenvalue weighted by Crippen LogP contribution is 2.16. The van der Waals surface area contributed by atoms with Crippen LogP contribution < -0.4 is 5.32 Å². The summed E-state index contributed by atoms with van der Waals surface area (Å²) in [6.45, 7) is 0.597. The molecule has 1 heterocycles. The van der Waals surface area contributed by atoms with Gasteiger partial charge in [-0.2, -0.15) is 0 Å².